The summed E-state index contributed by atoms with van der Waals surface area (Å²) in [5, 5.41) is 14.9. The molecule has 0 aliphatic rings. The molecule has 0 aromatic heterocycles. The first-order chi connectivity index (χ1) is 11.7. The fourth-order valence-corrected chi connectivity index (χ4v) is 2.50. The Balaban J connectivity index is 2.14. The number of rotatable bonds is 4. The van der Waals surface area contributed by atoms with E-state index in [0.29, 0.717) is 27.0 Å². The van der Waals surface area contributed by atoms with E-state index >= 15 is 0 Å². The van der Waals surface area contributed by atoms with Gasteiger partial charge in [-0.1, -0.05) is 29.3 Å². The monoisotopic (exact) mass is 375 g/mol. The lowest BCUT2D eigenvalue weighted by Gasteiger charge is -2.23. The maximum absolute atomic E-state index is 12.5. The van der Waals surface area contributed by atoms with Crippen LogP contribution in [0.1, 0.15) is 19.4 Å². The van der Waals surface area contributed by atoms with E-state index in [1.165, 1.54) is 32.0 Å². The number of nitrogens with one attached hydrogen (secondary N) is 2. The molecular formula is C18H15Cl2N3O2. The van der Waals surface area contributed by atoms with Gasteiger partial charge in [0.25, 0.3) is 0 Å². The van der Waals surface area contributed by atoms with Crippen molar-refractivity contribution in [2.75, 3.05) is 10.6 Å². The van der Waals surface area contributed by atoms with Crippen molar-refractivity contribution in [1.29, 1.82) is 5.26 Å². The molecule has 0 aliphatic heterocycles. The van der Waals surface area contributed by atoms with Gasteiger partial charge in [0.15, 0.2) is 0 Å². The Kier molecular flexibility index (Phi) is 5.68. The highest BCUT2D eigenvalue weighted by atomic mass is 35.5. The molecule has 2 rings (SSSR count). The maximum Gasteiger partial charge on any atom is 0.239 e. The summed E-state index contributed by atoms with van der Waals surface area (Å²) in [7, 11) is 0. The minimum Gasteiger partial charge on any atom is -0.325 e. The van der Waals surface area contributed by atoms with E-state index in [-0.39, 0.29) is 0 Å². The molecule has 7 heteroatoms. The highest BCUT2D eigenvalue weighted by Crippen LogP contribution is 2.26. The topological polar surface area (TPSA) is 82.0 Å². The number of halogens is 2. The second-order valence-corrected chi connectivity index (χ2v) is 6.76. The molecule has 25 heavy (non-hydrogen) atoms. The summed E-state index contributed by atoms with van der Waals surface area (Å²) in [5.41, 5.74) is -0.114. The van der Waals surface area contributed by atoms with Gasteiger partial charge in [0.2, 0.25) is 11.8 Å². The summed E-state index contributed by atoms with van der Waals surface area (Å²) in [5.74, 6) is -1.02. The summed E-state index contributed by atoms with van der Waals surface area (Å²) >= 11 is 11.8. The average molecular weight is 376 g/mol. The van der Waals surface area contributed by atoms with Gasteiger partial charge in [-0.15, -0.1) is 0 Å². The van der Waals surface area contributed by atoms with Crippen LogP contribution in [0.4, 0.5) is 11.4 Å². The molecule has 0 heterocycles. The normalized spacial score (nSPS) is 10.7. The number of hydrogen-bond donors (Lipinski definition) is 2. The molecule has 2 aromatic rings. The van der Waals surface area contributed by atoms with Crippen LogP contribution in [0.5, 0.6) is 0 Å². The first-order valence-electron chi connectivity index (χ1n) is 7.31. The van der Waals surface area contributed by atoms with Crippen molar-refractivity contribution in [1.82, 2.24) is 0 Å². The molecule has 5 nitrogen and oxygen atoms in total. The van der Waals surface area contributed by atoms with Gasteiger partial charge < -0.3 is 10.6 Å². The summed E-state index contributed by atoms with van der Waals surface area (Å²) in [6, 6.07) is 13.0. The number of hydrogen-bond acceptors (Lipinski definition) is 3. The quantitative estimate of drug-likeness (QED) is 0.773. The molecule has 0 unspecified atom stereocenters. The van der Waals surface area contributed by atoms with Crippen molar-refractivity contribution >= 4 is 46.4 Å². The maximum atomic E-state index is 12.5. The van der Waals surface area contributed by atoms with Crippen LogP contribution >= 0.6 is 23.2 Å². The van der Waals surface area contributed by atoms with Gasteiger partial charge >= 0.3 is 0 Å². The first-order valence-corrected chi connectivity index (χ1v) is 8.07. The molecule has 0 fully saturated rings. The van der Waals surface area contributed by atoms with Gasteiger partial charge in [-0.2, -0.15) is 5.26 Å². The van der Waals surface area contributed by atoms with Gasteiger partial charge in [-0.05, 0) is 50.2 Å². The molecule has 0 saturated heterocycles. The van der Waals surface area contributed by atoms with Crippen LogP contribution in [-0.2, 0) is 9.59 Å². The summed E-state index contributed by atoms with van der Waals surface area (Å²) < 4.78 is 0. The lowest BCUT2D eigenvalue weighted by atomic mass is 9.90. The Morgan fingerprint density at radius 1 is 0.960 bits per heavy atom. The van der Waals surface area contributed by atoms with Crippen molar-refractivity contribution in [3.63, 3.8) is 0 Å². The van der Waals surface area contributed by atoms with Crippen LogP contribution in [0.3, 0.4) is 0 Å². The molecule has 0 spiro atoms. The molecule has 128 valence electrons. The van der Waals surface area contributed by atoms with E-state index in [9.17, 15) is 9.59 Å². The van der Waals surface area contributed by atoms with Gasteiger partial charge in [-0.25, -0.2) is 0 Å². The highest BCUT2D eigenvalue weighted by Gasteiger charge is 2.36. The van der Waals surface area contributed by atoms with Crippen molar-refractivity contribution < 1.29 is 9.59 Å². The van der Waals surface area contributed by atoms with Gasteiger partial charge in [0.05, 0.1) is 11.6 Å². The van der Waals surface area contributed by atoms with Crippen LogP contribution in [0.15, 0.2) is 42.5 Å². The number of anilines is 2. The standard InChI is InChI=1S/C18H15Cl2N3O2/c1-18(2,16(24)22-14-5-3-4-11(6-14)10-21)17(25)23-15-8-12(19)7-13(20)9-15/h3-9H,1-2H3,(H,22,24)(H,23,25). The number of carbonyl (C=O) groups is 2. The Labute approximate surface area is 155 Å². The molecule has 0 aliphatic carbocycles. The molecule has 0 radical (unpaired) electrons. The number of carbonyl (C=O) groups excluding carboxylic acids is 2. The SMILES string of the molecule is CC(C)(C(=O)Nc1cc(Cl)cc(Cl)c1)C(=O)Nc1cccc(C#N)c1. The van der Waals surface area contributed by atoms with Crippen LogP contribution < -0.4 is 10.6 Å². The fourth-order valence-electron chi connectivity index (χ4n) is 1.97. The van der Waals surface area contributed by atoms with Crippen molar-refractivity contribution in [2.24, 2.45) is 5.41 Å². The minimum atomic E-state index is -1.36. The van der Waals surface area contributed by atoms with Gasteiger partial charge in [0, 0.05) is 21.4 Å². The summed E-state index contributed by atoms with van der Waals surface area (Å²) in [6.45, 7) is 3.00. The summed E-state index contributed by atoms with van der Waals surface area (Å²) in [6.07, 6.45) is 0. The third kappa shape index (κ3) is 4.72. The Morgan fingerprint density at radius 3 is 2.08 bits per heavy atom. The predicted octanol–water partition coefficient (Wildman–Crippen LogP) is 4.47. The molecule has 2 amide bonds. The fraction of sp³-hybridized carbons (Fsp3) is 0.167. The molecule has 0 bridgehead atoms. The summed E-state index contributed by atoms with van der Waals surface area (Å²) in [4.78, 5) is 25.0. The second-order valence-electron chi connectivity index (χ2n) is 5.88. The minimum absolute atomic E-state index is 0.373. The smallest absolute Gasteiger partial charge is 0.239 e. The zero-order valence-corrected chi connectivity index (χ0v) is 15.1. The predicted molar refractivity (Wildman–Crippen MR) is 98.7 cm³/mol. The largest absolute Gasteiger partial charge is 0.325 e. The van der Waals surface area contributed by atoms with Crippen molar-refractivity contribution in [3.05, 3.63) is 58.1 Å². The van der Waals surface area contributed by atoms with E-state index in [0.717, 1.165) is 0 Å². The van der Waals surface area contributed by atoms with E-state index in [4.69, 9.17) is 28.5 Å². The highest BCUT2D eigenvalue weighted by molar-refractivity contribution is 6.35. The van der Waals surface area contributed by atoms with E-state index in [1.54, 1.807) is 24.3 Å². The zero-order valence-electron chi connectivity index (χ0n) is 13.6. The molecule has 0 atom stereocenters. The number of amides is 2. The Morgan fingerprint density at radius 2 is 1.52 bits per heavy atom. The van der Waals surface area contributed by atoms with Crippen molar-refractivity contribution in [3.8, 4) is 6.07 Å². The van der Waals surface area contributed by atoms with E-state index in [2.05, 4.69) is 10.6 Å². The van der Waals surface area contributed by atoms with Crippen molar-refractivity contribution in [2.45, 2.75) is 13.8 Å². The number of nitriles is 1. The number of benzene rings is 2. The molecule has 2 aromatic carbocycles. The van der Waals surface area contributed by atoms with Crippen LogP contribution in [-0.4, -0.2) is 11.8 Å². The van der Waals surface area contributed by atoms with E-state index < -0.39 is 17.2 Å². The molecule has 0 saturated carbocycles. The molecular weight excluding hydrogens is 361 g/mol. The third-order valence-electron chi connectivity index (χ3n) is 3.51. The van der Waals surface area contributed by atoms with Gasteiger partial charge in [-0.3, -0.25) is 9.59 Å². The van der Waals surface area contributed by atoms with Crippen LogP contribution in [0.2, 0.25) is 10.0 Å². The zero-order chi connectivity index (χ0) is 18.6. The van der Waals surface area contributed by atoms with Gasteiger partial charge in [0.1, 0.15) is 5.41 Å². The lowest BCUT2D eigenvalue weighted by molar-refractivity contribution is -0.135. The van der Waals surface area contributed by atoms with E-state index in [1.807, 2.05) is 6.07 Å². The third-order valence-corrected chi connectivity index (χ3v) is 3.94. The Bertz CT molecular complexity index is 853. The van der Waals surface area contributed by atoms with Crippen LogP contribution in [0.25, 0.3) is 0 Å². The number of nitrogens with zero attached hydrogens (tertiary/aromatic N) is 1. The molecule has 2 N–H and O–H groups in total. The second kappa shape index (κ2) is 7.56. The van der Waals surface area contributed by atoms with Crippen LogP contribution in [0, 0.1) is 16.7 Å². The lowest BCUT2D eigenvalue weighted by Crippen LogP contribution is -2.41. The Hall–Kier alpha value is -2.55. The average Bonchev–Trinajstić information content (AvgIpc) is 2.53. The first kappa shape index (κ1) is 18.8.